The van der Waals surface area contributed by atoms with E-state index >= 15 is 0 Å². The first-order chi connectivity index (χ1) is 14.9. The molecule has 1 aliphatic rings. The van der Waals surface area contributed by atoms with Crippen molar-refractivity contribution < 1.29 is 14.4 Å². The van der Waals surface area contributed by atoms with Gasteiger partial charge < -0.3 is 15.1 Å². The molecule has 1 aliphatic heterocycles. The van der Waals surface area contributed by atoms with E-state index in [1.165, 1.54) is 0 Å². The number of nitrogens with one attached hydrogen (secondary N) is 1. The third-order valence-electron chi connectivity index (χ3n) is 5.65. The number of likely N-dealkylation sites (N-methyl/N-ethyl adjacent to an activating group) is 1. The lowest BCUT2D eigenvalue weighted by atomic mass is 10.1. The van der Waals surface area contributed by atoms with Gasteiger partial charge in [0.1, 0.15) is 6.04 Å². The van der Waals surface area contributed by atoms with Crippen molar-refractivity contribution in [2.45, 2.75) is 33.2 Å². The predicted octanol–water partition coefficient (Wildman–Crippen LogP) is 1.86. The van der Waals surface area contributed by atoms with Gasteiger partial charge in [-0.3, -0.25) is 19.3 Å². The van der Waals surface area contributed by atoms with Gasteiger partial charge in [-0.2, -0.15) is 11.8 Å². The smallest absolute Gasteiger partial charge is 0.251 e. The summed E-state index contributed by atoms with van der Waals surface area (Å²) < 4.78 is 0. The lowest BCUT2D eigenvalue weighted by Gasteiger charge is -2.37. The molecule has 1 heterocycles. The van der Waals surface area contributed by atoms with Crippen molar-refractivity contribution in [2.75, 3.05) is 57.8 Å². The van der Waals surface area contributed by atoms with Crippen molar-refractivity contribution >= 4 is 29.5 Å². The van der Waals surface area contributed by atoms with E-state index in [1.807, 2.05) is 55.0 Å². The highest BCUT2D eigenvalue weighted by Gasteiger charge is 2.29. The Kier molecular flexibility index (Phi) is 10.3. The van der Waals surface area contributed by atoms with E-state index in [1.54, 1.807) is 17.8 Å². The number of carbonyl (C=O) groups is 3. The van der Waals surface area contributed by atoms with Crippen molar-refractivity contribution in [1.29, 1.82) is 0 Å². The second-order valence-electron chi connectivity index (χ2n) is 7.84. The summed E-state index contributed by atoms with van der Waals surface area (Å²) in [5.41, 5.74) is 1.58. The van der Waals surface area contributed by atoms with Gasteiger partial charge in [0.05, 0.1) is 6.54 Å². The van der Waals surface area contributed by atoms with Crippen LogP contribution in [0.3, 0.4) is 0 Å². The zero-order valence-electron chi connectivity index (χ0n) is 19.2. The predicted molar refractivity (Wildman–Crippen MR) is 126 cm³/mol. The maximum atomic E-state index is 13.2. The molecule has 0 radical (unpaired) electrons. The Labute approximate surface area is 190 Å². The Morgan fingerprint density at radius 1 is 1.13 bits per heavy atom. The fourth-order valence-corrected chi connectivity index (χ4v) is 4.21. The molecule has 31 heavy (non-hydrogen) atoms. The van der Waals surface area contributed by atoms with E-state index in [-0.39, 0.29) is 17.7 Å². The van der Waals surface area contributed by atoms with Crippen LogP contribution in [0.25, 0.3) is 0 Å². The average molecular weight is 449 g/mol. The molecule has 7 nitrogen and oxygen atoms in total. The first-order valence-corrected chi connectivity index (χ1v) is 12.4. The summed E-state index contributed by atoms with van der Waals surface area (Å²) in [4.78, 5) is 44.0. The second kappa shape index (κ2) is 12.7. The molecular weight excluding hydrogens is 412 g/mol. The molecular formula is C23H36N4O3S. The summed E-state index contributed by atoms with van der Waals surface area (Å²) >= 11 is 1.66. The fraction of sp³-hybridized carbons (Fsp3) is 0.609. The Bertz CT molecular complexity index is 746. The quantitative estimate of drug-likeness (QED) is 0.592. The highest BCUT2D eigenvalue weighted by Crippen LogP contribution is 2.11. The standard InChI is InChI=1S/C23H36N4O3S/c1-5-26(6-2)21(28)17-25-11-13-27(14-12-25)23(30)20(10-15-31-4)24-22(29)19-9-7-8-18(3)16-19/h7-9,16,20H,5-6,10-15,17H2,1-4H3,(H,24,29). The van der Waals surface area contributed by atoms with Crippen LogP contribution < -0.4 is 5.32 Å². The number of carbonyl (C=O) groups excluding carboxylic acids is 3. The number of aryl methyl sites for hydroxylation is 1. The van der Waals surface area contributed by atoms with Crippen molar-refractivity contribution in [3.63, 3.8) is 0 Å². The molecule has 0 saturated carbocycles. The highest BCUT2D eigenvalue weighted by molar-refractivity contribution is 7.98. The topological polar surface area (TPSA) is 73.0 Å². The minimum absolute atomic E-state index is 0.0372. The van der Waals surface area contributed by atoms with Crippen LogP contribution in [0.2, 0.25) is 0 Å². The van der Waals surface area contributed by atoms with Crippen LogP contribution in [0.15, 0.2) is 24.3 Å². The molecule has 1 aromatic carbocycles. The monoisotopic (exact) mass is 448 g/mol. The van der Waals surface area contributed by atoms with Crippen molar-refractivity contribution in [3.8, 4) is 0 Å². The first-order valence-electron chi connectivity index (χ1n) is 11.0. The Morgan fingerprint density at radius 2 is 1.81 bits per heavy atom. The number of piperazine rings is 1. The molecule has 2 rings (SSSR count). The molecule has 172 valence electrons. The number of hydrogen-bond donors (Lipinski definition) is 1. The number of hydrogen-bond acceptors (Lipinski definition) is 5. The highest BCUT2D eigenvalue weighted by atomic mass is 32.2. The van der Waals surface area contributed by atoms with Gasteiger partial charge in [-0.25, -0.2) is 0 Å². The zero-order valence-corrected chi connectivity index (χ0v) is 20.0. The van der Waals surface area contributed by atoms with Crippen LogP contribution in [0, 0.1) is 6.92 Å². The minimum atomic E-state index is -0.538. The molecule has 1 N–H and O–H groups in total. The minimum Gasteiger partial charge on any atom is -0.342 e. The van der Waals surface area contributed by atoms with Crippen LogP contribution in [-0.2, 0) is 9.59 Å². The Balaban J connectivity index is 1.94. The van der Waals surface area contributed by atoms with Crippen molar-refractivity contribution in [2.24, 2.45) is 0 Å². The van der Waals surface area contributed by atoms with E-state index in [0.29, 0.717) is 57.8 Å². The molecule has 0 bridgehead atoms. The normalized spacial score (nSPS) is 15.4. The van der Waals surface area contributed by atoms with Gasteiger partial charge >= 0.3 is 0 Å². The molecule has 8 heteroatoms. The number of thioether (sulfide) groups is 1. The largest absolute Gasteiger partial charge is 0.342 e. The maximum Gasteiger partial charge on any atom is 0.251 e. The van der Waals surface area contributed by atoms with Gasteiger partial charge in [-0.1, -0.05) is 17.7 Å². The third kappa shape index (κ3) is 7.54. The van der Waals surface area contributed by atoms with Crippen LogP contribution in [0.1, 0.15) is 36.2 Å². The summed E-state index contributed by atoms with van der Waals surface area (Å²) in [7, 11) is 0. The molecule has 0 aromatic heterocycles. The van der Waals surface area contributed by atoms with E-state index < -0.39 is 6.04 Å². The lowest BCUT2D eigenvalue weighted by molar-refractivity contribution is -0.136. The molecule has 1 fully saturated rings. The van der Waals surface area contributed by atoms with Gasteiger partial charge in [-0.05, 0) is 51.3 Å². The number of rotatable bonds is 10. The van der Waals surface area contributed by atoms with Gasteiger partial charge in [0.25, 0.3) is 5.91 Å². The van der Waals surface area contributed by atoms with E-state index in [4.69, 9.17) is 0 Å². The molecule has 1 saturated heterocycles. The molecule has 3 amide bonds. The summed E-state index contributed by atoms with van der Waals surface area (Å²) in [5, 5.41) is 2.95. The molecule has 0 aliphatic carbocycles. The SMILES string of the molecule is CCN(CC)C(=O)CN1CCN(C(=O)C(CCSC)NC(=O)c2cccc(C)c2)CC1. The molecule has 1 unspecified atom stereocenters. The molecule has 1 aromatic rings. The van der Waals surface area contributed by atoms with Gasteiger partial charge in [0.15, 0.2) is 0 Å². The maximum absolute atomic E-state index is 13.2. The summed E-state index contributed by atoms with van der Waals surface area (Å²) in [6, 6.07) is 6.85. The summed E-state index contributed by atoms with van der Waals surface area (Å²) in [6.07, 6.45) is 2.59. The van der Waals surface area contributed by atoms with Crippen LogP contribution >= 0.6 is 11.8 Å². The third-order valence-corrected chi connectivity index (χ3v) is 6.30. The number of benzene rings is 1. The van der Waals surface area contributed by atoms with Crippen LogP contribution in [0.5, 0.6) is 0 Å². The average Bonchev–Trinajstić information content (AvgIpc) is 2.77. The lowest BCUT2D eigenvalue weighted by Crippen LogP contribution is -2.56. The van der Waals surface area contributed by atoms with Crippen LogP contribution in [0.4, 0.5) is 0 Å². The first kappa shape index (κ1) is 25.2. The summed E-state index contributed by atoms with van der Waals surface area (Å²) in [6.45, 7) is 10.2. The van der Waals surface area contributed by atoms with E-state index in [2.05, 4.69) is 10.2 Å². The number of nitrogens with zero attached hydrogens (tertiary/aromatic N) is 3. The Morgan fingerprint density at radius 3 is 2.39 bits per heavy atom. The summed E-state index contributed by atoms with van der Waals surface area (Å²) in [5.74, 6) is 0.674. The molecule has 0 spiro atoms. The van der Waals surface area contributed by atoms with E-state index in [0.717, 1.165) is 11.3 Å². The van der Waals surface area contributed by atoms with Gasteiger partial charge in [-0.15, -0.1) is 0 Å². The van der Waals surface area contributed by atoms with Gasteiger partial charge in [0.2, 0.25) is 11.8 Å². The second-order valence-corrected chi connectivity index (χ2v) is 8.83. The van der Waals surface area contributed by atoms with Gasteiger partial charge in [0, 0.05) is 44.8 Å². The molecule has 1 atom stereocenters. The van der Waals surface area contributed by atoms with Crippen molar-refractivity contribution in [3.05, 3.63) is 35.4 Å². The van der Waals surface area contributed by atoms with Crippen LogP contribution in [-0.4, -0.2) is 96.3 Å². The Hall–Kier alpha value is -2.06. The van der Waals surface area contributed by atoms with E-state index in [9.17, 15) is 14.4 Å². The fourth-order valence-electron chi connectivity index (χ4n) is 3.74. The number of amides is 3. The van der Waals surface area contributed by atoms with Crippen molar-refractivity contribution in [1.82, 2.24) is 20.0 Å². The zero-order chi connectivity index (χ0) is 22.8.